The van der Waals surface area contributed by atoms with Crippen molar-refractivity contribution < 1.29 is 0 Å². The highest BCUT2D eigenvalue weighted by molar-refractivity contribution is 5.14. The first-order valence-corrected chi connectivity index (χ1v) is 7.17. The van der Waals surface area contributed by atoms with Gasteiger partial charge < -0.3 is 5.32 Å². The lowest BCUT2D eigenvalue weighted by atomic mass is 9.95. The van der Waals surface area contributed by atoms with Gasteiger partial charge in [0, 0.05) is 6.04 Å². The molecule has 1 aromatic rings. The zero-order valence-electron chi connectivity index (χ0n) is 11.0. The number of aryl methyl sites for hydroxylation is 1. The minimum Gasteiger partial charge on any atom is -0.314 e. The Labute approximate surface area is 106 Å². The fraction of sp³-hybridized carbons (Fsp3) is 0.625. The van der Waals surface area contributed by atoms with Crippen LogP contribution in [0.15, 0.2) is 30.3 Å². The zero-order valence-corrected chi connectivity index (χ0v) is 11.0. The monoisotopic (exact) mass is 231 g/mol. The molecule has 1 N–H and O–H groups in total. The largest absolute Gasteiger partial charge is 0.314 e. The van der Waals surface area contributed by atoms with Crippen LogP contribution < -0.4 is 5.32 Å². The van der Waals surface area contributed by atoms with E-state index in [4.69, 9.17) is 0 Å². The van der Waals surface area contributed by atoms with Gasteiger partial charge in [-0.1, -0.05) is 43.7 Å². The SMILES string of the molecule is CCCNC1CCCC1CCc1ccccc1. The standard InChI is InChI=1S/C16H25N/c1-2-13-17-16-10-6-9-15(16)12-11-14-7-4-3-5-8-14/h3-5,7-8,15-17H,2,6,9-13H2,1H3. The summed E-state index contributed by atoms with van der Waals surface area (Å²) in [6, 6.07) is 11.7. The quantitative estimate of drug-likeness (QED) is 0.785. The third-order valence-corrected chi connectivity index (χ3v) is 3.96. The first kappa shape index (κ1) is 12.6. The van der Waals surface area contributed by atoms with Crippen LogP contribution in [-0.4, -0.2) is 12.6 Å². The molecular weight excluding hydrogens is 206 g/mol. The molecule has 0 amide bonds. The van der Waals surface area contributed by atoms with Crippen molar-refractivity contribution in [1.82, 2.24) is 5.32 Å². The molecule has 1 heteroatoms. The van der Waals surface area contributed by atoms with Crippen molar-refractivity contribution in [2.75, 3.05) is 6.54 Å². The van der Waals surface area contributed by atoms with E-state index in [0.717, 1.165) is 12.0 Å². The first-order chi connectivity index (χ1) is 8.40. The first-order valence-electron chi connectivity index (χ1n) is 7.17. The zero-order chi connectivity index (χ0) is 11.9. The van der Waals surface area contributed by atoms with E-state index in [1.54, 1.807) is 0 Å². The molecule has 1 saturated carbocycles. The average molecular weight is 231 g/mol. The molecule has 1 aliphatic rings. The van der Waals surface area contributed by atoms with Gasteiger partial charge in [-0.3, -0.25) is 0 Å². The summed E-state index contributed by atoms with van der Waals surface area (Å²) in [5.74, 6) is 0.904. The Balaban J connectivity index is 1.78. The Hall–Kier alpha value is -0.820. The van der Waals surface area contributed by atoms with E-state index in [1.165, 1.54) is 50.6 Å². The fourth-order valence-electron chi connectivity index (χ4n) is 2.98. The summed E-state index contributed by atoms with van der Waals surface area (Å²) in [5.41, 5.74) is 1.49. The normalized spacial score (nSPS) is 24.1. The van der Waals surface area contributed by atoms with Gasteiger partial charge in [0.05, 0.1) is 0 Å². The molecule has 1 nitrogen and oxygen atoms in total. The average Bonchev–Trinajstić information content (AvgIpc) is 2.82. The van der Waals surface area contributed by atoms with Gasteiger partial charge in [0.25, 0.3) is 0 Å². The van der Waals surface area contributed by atoms with Crippen LogP contribution in [0.5, 0.6) is 0 Å². The smallest absolute Gasteiger partial charge is 0.00954 e. The number of hydrogen-bond donors (Lipinski definition) is 1. The van der Waals surface area contributed by atoms with Crippen molar-refractivity contribution in [2.45, 2.75) is 51.5 Å². The van der Waals surface area contributed by atoms with E-state index in [2.05, 4.69) is 42.6 Å². The van der Waals surface area contributed by atoms with Gasteiger partial charge >= 0.3 is 0 Å². The van der Waals surface area contributed by atoms with Crippen LogP contribution in [0.2, 0.25) is 0 Å². The molecule has 0 saturated heterocycles. The van der Waals surface area contributed by atoms with E-state index < -0.39 is 0 Å². The third-order valence-electron chi connectivity index (χ3n) is 3.96. The third kappa shape index (κ3) is 3.85. The Morgan fingerprint density at radius 2 is 2.00 bits per heavy atom. The van der Waals surface area contributed by atoms with Crippen molar-refractivity contribution in [3.63, 3.8) is 0 Å². The van der Waals surface area contributed by atoms with Gasteiger partial charge in [-0.25, -0.2) is 0 Å². The molecule has 17 heavy (non-hydrogen) atoms. The molecule has 0 spiro atoms. The Morgan fingerprint density at radius 3 is 2.76 bits per heavy atom. The highest BCUT2D eigenvalue weighted by atomic mass is 14.9. The predicted molar refractivity (Wildman–Crippen MR) is 74.2 cm³/mol. The van der Waals surface area contributed by atoms with Crippen molar-refractivity contribution in [1.29, 1.82) is 0 Å². The Bertz CT molecular complexity index is 307. The molecule has 0 aliphatic heterocycles. The lowest BCUT2D eigenvalue weighted by molar-refractivity contribution is 0.380. The van der Waals surface area contributed by atoms with Crippen LogP contribution in [-0.2, 0) is 6.42 Å². The van der Waals surface area contributed by atoms with E-state index in [9.17, 15) is 0 Å². The molecule has 94 valence electrons. The molecule has 0 bridgehead atoms. The second-order valence-electron chi connectivity index (χ2n) is 5.28. The summed E-state index contributed by atoms with van der Waals surface area (Å²) in [5, 5.41) is 3.72. The molecule has 0 aromatic heterocycles. The number of hydrogen-bond acceptors (Lipinski definition) is 1. The summed E-state index contributed by atoms with van der Waals surface area (Å²) >= 11 is 0. The number of rotatable bonds is 6. The van der Waals surface area contributed by atoms with E-state index in [1.807, 2.05) is 0 Å². The molecule has 1 fully saturated rings. The maximum Gasteiger partial charge on any atom is 0.00954 e. The molecule has 0 radical (unpaired) electrons. The van der Waals surface area contributed by atoms with Gasteiger partial charge in [0.15, 0.2) is 0 Å². The Kier molecular flexibility index (Phi) is 5.06. The van der Waals surface area contributed by atoms with Crippen molar-refractivity contribution in [3.8, 4) is 0 Å². The van der Waals surface area contributed by atoms with E-state index in [-0.39, 0.29) is 0 Å². The second-order valence-corrected chi connectivity index (χ2v) is 5.28. The lowest BCUT2D eigenvalue weighted by Gasteiger charge is -2.20. The van der Waals surface area contributed by atoms with E-state index >= 15 is 0 Å². The highest BCUT2D eigenvalue weighted by Crippen LogP contribution is 2.29. The van der Waals surface area contributed by atoms with Crippen molar-refractivity contribution >= 4 is 0 Å². The number of benzene rings is 1. The predicted octanol–water partition coefficient (Wildman–Crippen LogP) is 3.79. The Morgan fingerprint density at radius 1 is 1.18 bits per heavy atom. The fourth-order valence-corrected chi connectivity index (χ4v) is 2.98. The van der Waals surface area contributed by atoms with Gasteiger partial charge in [-0.2, -0.15) is 0 Å². The molecule has 2 atom stereocenters. The summed E-state index contributed by atoms with van der Waals surface area (Å²) in [4.78, 5) is 0. The summed E-state index contributed by atoms with van der Waals surface area (Å²) in [7, 11) is 0. The van der Waals surface area contributed by atoms with Crippen LogP contribution in [0, 0.1) is 5.92 Å². The van der Waals surface area contributed by atoms with Crippen LogP contribution in [0.25, 0.3) is 0 Å². The molecule has 2 unspecified atom stereocenters. The van der Waals surface area contributed by atoms with Crippen LogP contribution in [0.4, 0.5) is 0 Å². The molecule has 1 aromatic carbocycles. The maximum absolute atomic E-state index is 3.72. The van der Waals surface area contributed by atoms with E-state index in [0.29, 0.717) is 0 Å². The topological polar surface area (TPSA) is 12.0 Å². The van der Waals surface area contributed by atoms with Crippen LogP contribution in [0.3, 0.4) is 0 Å². The maximum atomic E-state index is 3.72. The molecular formula is C16H25N. The minimum atomic E-state index is 0.790. The van der Waals surface area contributed by atoms with Gasteiger partial charge in [0.2, 0.25) is 0 Å². The van der Waals surface area contributed by atoms with Crippen LogP contribution >= 0.6 is 0 Å². The van der Waals surface area contributed by atoms with Crippen molar-refractivity contribution in [2.24, 2.45) is 5.92 Å². The summed E-state index contributed by atoms with van der Waals surface area (Å²) < 4.78 is 0. The lowest BCUT2D eigenvalue weighted by Crippen LogP contribution is -2.33. The van der Waals surface area contributed by atoms with Crippen LogP contribution in [0.1, 0.15) is 44.6 Å². The second kappa shape index (κ2) is 6.80. The summed E-state index contributed by atoms with van der Waals surface area (Å²) in [6.45, 7) is 3.44. The number of nitrogens with one attached hydrogen (secondary N) is 1. The van der Waals surface area contributed by atoms with Crippen molar-refractivity contribution in [3.05, 3.63) is 35.9 Å². The molecule has 2 rings (SSSR count). The highest BCUT2D eigenvalue weighted by Gasteiger charge is 2.25. The van der Waals surface area contributed by atoms with Gasteiger partial charge in [-0.15, -0.1) is 0 Å². The minimum absolute atomic E-state index is 0.790. The molecule has 0 heterocycles. The molecule has 1 aliphatic carbocycles. The summed E-state index contributed by atoms with van der Waals surface area (Å²) in [6.07, 6.45) is 8.08. The van der Waals surface area contributed by atoms with Gasteiger partial charge in [-0.05, 0) is 50.1 Å². The van der Waals surface area contributed by atoms with Gasteiger partial charge in [0.1, 0.15) is 0 Å².